The molecule has 0 aliphatic rings. The molecule has 1 aromatic heterocycles. The van der Waals surface area contributed by atoms with Crippen LogP contribution in [-0.2, 0) is 6.54 Å². The molecule has 102 valence electrons. The molecule has 0 atom stereocenters. The van der Waals surface area contributed by atoms with Crippen LogP contribution in [0.5, 0.6) is 0 Å². The molecule has 1 N–H and O–H groups in total. The van der Waals surface area contributed by atoms with Crippen molar-refractivity contribution >= 4 is 0 Å². The quantitative estimate of drug-likeness (QED) is 0.819. The highest BCUT2D eigenvalue weighted by Gasteiger charge is 2.08. The molecule has 1 aromatic carbocycles. The van der Waals surface area contributed by atoms with Crippen LogP contribution in [0, 0.1) is 0 Å². The summed E-state index contributed by atoms with van der Waals surface area (Å²) in [6, 6.07) is 9.93. The number of aliphatic hydroxyl groups excluding tert-OH is 1. The fourth-order valence-corrected chi connectivity index (χ4v) is 2.00. The van der Waals surface area contributed by atoms with Gasteiger partial charge in [-0.15, -0.1) is 5.10 Å². The second-order valence-corrected chi connectivity index (χ2v) is 4.44. The van der Waals surface area contributed by atoms with Crippen molar-refractivity contribution in [3.8, 4) is 5.69 Å². The number of benzene rings is 1. The molecule has 19 heavy (non-hydrogen) atoms. The molecule has 0 saturated heterocycles. The number of aromatic nitrogens is 3. The van der Waals surface area contributed by atoms with Gasteiger partial charge < -0.3 is 5.11 Å². The van der Waals surface area contributed by atoms with E-state index in [-0.39, 0.29) is 6.61 Å². The third kappa shape index (κ3) is 3.87. The van der Waals surface area contributed by atoms with Gasteiger partial charge in [0.1, 0.15) is 6.33 Å². The van der Waals surface area contributed by atoms with Gasteiger partial charge in [0, 0.05) is 6.54 Å². The van der Waals surface area contributed by atoms with Crippen molar-refractivity contribution < 1.29 is 5.11 Å². The SMILES string of the molecule is CCCN(CCO)Cc1ncn(-c2ccccc2)n1. The average molecular weight is 260 g/mol. The molecule has 0 fully saturated rings. The summed E-state index contributed by atoms with van der Waals surface area (Å²) in [5.41, 5.74) is 1.01. The highest BCUT2D eigenvalue weighted by Crippen LogP contribution is 2.06. The lowest BCUT2D eigenvalue weighted by molar-refractivity contribution is 0.187. The van der Waals surface area contributed by atoms with Crippen molar-refractivity contribution in [3.05, 3.63) is 42.5 Å². The van der Waals surface area contributed by atoms with Gasteiger partial charge in [-0.3, -0.25) is 4.90 Å². The number of rotatable bonds is 7. The van der Waals surface area contributed by atoms with Gasteiger partial charge in [-0.25, -0.2) is 9.67 Å². The molecule has 5 nitrogen and oxygen atoms in total. The Morgan fingerprint density at radius 1 is 1.21 bits per heavy atom. The summed E-state index contributed by atoms with van der Waals surface area (Å²) in [4.78, 5) is 6.48. The minimum Gasteiger partial charge on any atom is -0.395 e. The first kappa shape index (κ1) is 13.7. The Kier molecular flexibility index (Phi) is 5.06. The zero-order valence-corrected chi connectivity index (χ0v) is 11.2. The van der Waals surface area contributed by atoms with Crippen molar-refractivity contribution in [2.75, 3.05) is 19.7 Å². The van der Waals surface area contributed by atoms with E-state index in [0.29, 0.717) is 13.1 Å². The third-order valence-electron chi connectivity index (χ3n) is 2.88. The summed E-state index contributed by atoms with van der Waals surface area (Å²) in [6.07, 6.45) is 2.78. The molecule has 0 saturated carbocycles. The highest BCUT2D eigenvalue weighted by atomic mass is 16.3. The first-order valence-electron chi connectivity index (χ1n) is 6.62. The van der Waals surface area contributed by atoms with Gasteiger partial charge in [-0.1, -0.05) is 25.1 Å². The second kappa shape index (κ2) is 7.01. The van der Waals surface area contributed by atoms with E-state index >= 15 is 0 Å². The van der Waals surface area contributed by atoms with Crippen molar-refractivity contribution in [3.63, 3.8) is 0 Å². The summed E-state index contributed by atoms with van der Waals surface area (Å²) >= 11 is 0. The van der Waals surface area contributed by atoms with Crippen LogP contribution in [0.15, 0.2) is 36.7 Å². The largest absolute Gasteiger partial charge is 0.395 e. The van der Waals surface area contributed by atoms with E-state index in [1.807, 2.05) is 30.3 Å². The molecule has 0 unspecified atom stereocenters. The Bertz CT molecular complexity index is 477. The topological polar surface area (TPSA) is 54.2 Å². The Labute approximate surface area is 113 Å². The first-order valence-corrected chi connectivity index (χ1v) is 6.62. The van der Waals surface area contributed by atoms with Crippen LogP contribution in [0.4, 0.5) is 0 Å². The van der Waals surface area contributed by atoms with Crippen molar-refractivity contribution in [2.45, 2.75) is 19.9 Å². The maximum atomic E-state index is 9.04. The second-order valence-electron chi connectivity index (χ2n) is 4.44. The molecular weight excluding hydrogens is 240 g/mol. The van der Waals surface area contributed by atoms with Crippen molar-refractivity contribution in [2.24, 2.45) is 0 Å². The predicted octanol–water partition coefficient (Wildman–Crippen LogP) is 1.47. The number of para-hydroxylation sites is 1. The van der Waals surface area contributed by atoms with Gasteiger partial charge in [-0.2, -0.15) is 0 Å². The van der Waals surface area contributed by atoms with Crippen molar-refractivity contribution in [1.29, 1.82) is 0 Å². The van der Waals surface area contributed by atoms with Gasteiger partial charge in [0.2, 0.25) is 0 Å². The molecule has 0 bridgehead atoms. The highest BCUT2D eigenvalue weighted by molar-refractivity contribution is 5.29. The summed E-state index contributed by atoms with van der Waals surface area (Å²) in [7, 11) is 0. The molecule has 1 heterocycles. The fraction of sp³-hybridized carbons (Fsp3) is 0.429. The molecule has 0 spiro atoms. The number of hydrogen-bond acceptors (Lipinski definition) is 4. The summed E-state index contributed by atoms with van der Waals surface area (Å²) in [5.74, 6) is 0.783. The third-order valence-corrected chi connectivity index (χ3v) is 2.88. The molecule has 0 amide bonds. The Morgan fingerprint density at radius 3 is 2.68 bits per heavy atom. The maximum Gasteiger partial charge on any atom is 0.164 e. The van der Waals surface area contributed by atoms with Crippen LogP contribution >= 0.6 is 0 Å². The Morgan fingerprint density at radius 2 is 2.00 bits per heavy atom. The molecule has 2 aromatic rings. The van der Waals surface area contributed by atoms with E-state index in [4.69, 9.17) is 5.11 Å². The first-order chi connectivity index (χ1) is 9.33. The zero-order valence-electron chi connectivity index (χ0n) is 11.2. The molecule has 5 heteroatoms. The van der Waals surface area contributed by atoms with E-state index in [2.05, 4.69) is 21.9 Å². The summed E-state index contributed by atoms with van der Waals surface area (Å²) < 4.78 is 1.78. The van der Waals surface area contributed by atoms with Crippen molar-refractivity contribution in [1.82, 2.24) is 19.7 Å². The van der Waals surface area contributed by atoms with Gasteiger partial charge in [-0.05, 0) is 25.1 Å². The van der Waals surface area contributed by atoms with E-state index in [1.54, 1.807) is 11.0 Å². The minimum absolute atomic E-state index is 0.166. The van der Waals surface area contributed by atoms with E-state index in [1.165, 1.54) is 0 Å². The van der Waals surface area contributed by atoms with Crippen LogP contribution in [0.1, 0.15) is 19.2 Å². The van der Waals surface area contributed by atoms with Crippen LogP contribution < -0.4 is 0 Å². The number of aliphatic hydroxyl groups is 1. The van der Waals surface area contributed by atoms with Gasteiger partial charge in [0.15, 0.2) is 5.82 Å². The molecular formula is C14H20N4O. The smallest absolute Gasteiger partial charge is 0.164 e. The summed E-state index contributed by atoms with van der Waals surface area (Å²) in [5, 5.41) is 13.5. The minimum atomic E-state index is 0.166. The molecule has 2 rings (SSSR count). The Balaban J connectivity index is 2.04. The van der Waals surface area contributed by atoms with Crippen LogP contribution in [-0.4, -0.2) is 44.5 Å². The van der Waals surface area contributed by atoms with Crippen LogP contribution in [0.25, 0.3) is 5.69 Å². The van der Waals surface area contributed by atoms with Crippen LogP contribution in [0.2, 0.25) is 0 Å². The van der Waals surface area contributed by atoms with E-state index in [0.717, 1.165) is 24.5 Å². The van der Waals surface area contributed by atoms with Gasteiger partial charge in [0.05, 0.1) is 18.8 Å². The number of hydrogen-bond donors (Lipinski definition) is 1. The lowest BCUT2D eigenvalue weighted by Gasteiger charge is -2.18. The van der Waals surface area contributed by atoms with Gasteiger partial charge >= 0.3 is 0 Å². The fourth-order valence-electron chi connectivity index (χ4n) is 2.00. The van der Waals surface area contributed by atoms with Gasteiger partial charge in [0.25, 0.3) is 0 Å². The molecule has 0 aliphatic heterocycles. The van der Waals surface area contributed by atoms with E-state index < -0.39 is 0 Å². The lowest BCUT2D eigenvalue weighted by atomic mass is 10.3. The molecule has 0 aliphatic carbocycles. The predicted molar refractivity (Wildman–Crippen MR) is 74.0 cm³/mol. The zero-order chi connectivity index (χ0) is 13.5. The lowest BCUT2D eigenvalue weighted by Crippen LogP contribution is -2.27. The van der Waals surface area contributed by atoms with E-state index in [9.17, 15) is 0 Å². The Hall–Kier alpha value is -1.72. The maximum absolute atomic E-state index is 9.04. The van der Waals surface area contributed by atoms with Crippen LogP contribution in [0.3, 0.4) is 0 Å². The standard InChI is InChI=1S/C14H20N4O/c1-2-8-17(9-10-19)11-14-15-12-18(16-14)13-6-4-3-5-7-13/h3-7,12,19H,2,8-11H2,1H3. The average Bonchev–Trinajstić information content (AvgIpc) is 2.89. The number of nitrogens with zero attached hydrogens (tertiary/aromatic N) is 4. The summed E-state index contributed by atoms with van der Waals surface area (Å²) in [6.45, 7) is 4.57. The monoisotopic (exact) mass is 260 g/mol. The normalized spacial score (nSPS) is 11.1. The molecule has 0 radical (unpaired) electrons.